The lowest BCUT2D eigenvalue weighted by Crippen LogP contribution is -2.34. The maximum Gasteiger partial charge on any atom is 0.257 e. The van der Waals surface area contributed by atoms with Gasteiger partial charge in [0, 0.05) is 36.0 Å². The van der Waals surface area contributed by atoms with E-state index in [9.17, 15) is 4.79 Å². The Morgan fingerprint density at radius 3 is 2.53 bits per heavy atom. The quantitative estimate of drug-likeness (QED) is 0.584. The minimum Gasteiger partial charge on any atom is -0.494 e. The van der Waals surface area contributed by atoms with Gasteiger partial charge in [0.2, 0.25) is 0 Å². The highest BCUT2D eigenvalue weighted by Gasteiger charge is 2.11. The molecule has 0 aliphatic carbocycles. The molecule has 0 atom stereocenters. The lowest BCUT2D eigenvalue weighted by molar-refractivity contribution is 0.0977. The summed E-state index contributed by atoms with van der Waals surface area (Å²) in [6.45, 7) is 6.55. The van der Waals surface area contributed by atoms with Crippen molar-refractivity contribution in [2.75, 3.05) is 11.9 Å². The minimum absolute atomic E-state index is 0.244. The number of benzene rings is 2. The zero-order chi connectivity index (χ0) is 21.7. The number of aryl methyl sites for hydroxylation is 2. The van der Waals surface area contributed by atoms with Crippen LogP contribution in [-0.2, 0) is 13.5 Å². The van der Waals surface area contributed by atoms with E-state index in [1.807, 2.05) is 55.9 Å². The number of hydrogen-bond donors (Lipinski definition) is 2. The Morgan fingerprint density at radius 1 is 1.17 bits per heavy atom. The molecule has 3 rings (SSSR count). The standard InChI is InChI=1S/C23H26N4O2S/c1-5-29-20-8-6-7-18(14-20)22(28)25-23(30)24-19-11-9-17(10-12-19)13-21-15(2)26-27(4)16(21)3/h6-12,14H,5,13H2,1-4H3,(H2,24,25,28,30). The molecule has 0 radical (unpaired) electrons. The molecule has 0 aliphatic rings. The molecule has 1 amide bonds. The van der Waals surface area contributed by atoms with Crippen LogP contribution in [0.2, 0.25) is 0 Å². The number of nitrogens with zero attached hydrogens (tertiary/aromatic N) is 2. The van der Waals surface area contributed by atoms with Gasteiger partial charge in [-0.2, -0.15) is 5.10 Å². The number of carbonyl (C=O) groups is 1. The Kier molecular flexibility index (Phi) is 6.84. The molecule has 0 saturated carbocycles. The van der Waals surface area contributed by atoms with Gasteiger partial charge in [0.25, 0.3) is 5.91 Å². The molecule has 7 heteroatoms. The topological polar surface area (TPSA) is 68.2 Å². The highest BCUT2D eigenvalue weighted by Crippen LogP contribution is 2.19. The highest BCUT2D eigenvalue weighted by atomic mass is 32.1. The summed E-state index contributed by atoms with van der Waals surface area (Å²) >= 11 is 5.29. The van der Waals surface area contributed by atoms with E-state index in [1.165, 1.54) is 16.8 Å². The zero-order valence-electron chi connectivity index (χ0n) is 17.7. The second-order valence-corrected chi connectivity index (χ2v) is 7.42. The van der Waals surface area contributed by atoms with Crippen molar-refractivity contribution in [2.45, 2.75) is 27.2 Å². The Bertz CT molecular complexity index is 1060. The first kappa shape index (κ1) is 21.5. The summed E-state index contributed by atoms with van der Waals surface area (Å²) in [5.74, 6) is 0.368. The van der Waals surface area contributed by atoms with Gasteiger partial charge >= 0.3 is 0 Å². The molecule has 0 aliphatic heterocycles. The SMILES string of the molecule is CCOc1cccc(C(=O)NC(=S)Nc2ccc(Cc3c(C)nn(C)c3C)cc2)c1. The molecule has 0 fully saturated rings. The number of hydrogen-bond acceptors (Lipinski definition) is 4. The molecule has 1 aromatic heterocycles. The first-order valence-corrected chi connectivity index (χ1v) is 10.2. The Labute approximate surface area is 182 Å². The number of rotatable bonds is 6. The van der Waals surface area contributed by atoms with Gasteiger partial charge in [0.05, 0.1) is 12.3 Å². The molecular formula is C23H26N4O2S. The average molecular weight is 423 g/mol. The number of aromatic nitrogens is 2. The molecule has 2 N–H and O–H groups in total. The van der Waals surface area contributed by atoms with Gasteiger partial charge in [0.15, 0.2) is 5.11 Å². The molecule has 0 spiro atoms. The van der Waals surface area contributed by atoms with E-state index in [-0.39, 0.29) is 11.0 Å². The van der Waals surface area contributed by atoms with Crippen LogP contribution in [0.1, 0.15) is 39.8 Å². The van der Waals surface area contributed by atoms with Gasteiger partial charge in [-0.25, -0.2) is 0 Å². The average Bonchev–Trinajstić information content (AvgIpc) is 2.96. The van der Waals surface area contributed by atoms with E-state index in [4.69, 9.17) is 17.0 Å². The molecule has 0 unspecified atom stereocenters. The third-order valence-corrected chi connectivity index (χ3v) is 5.09. The molecule has 0 saturated heterocycles. The van der Waals surface area contributed by atoms with E-state index in [0.29, 0.717) is 17.9 Å². The Morgan fingerprint density at radius 2 is 1.90 bits per heavy atom. The monoisotopic (exact) mass is 422 g/mol. The van der Waals surface area contributed by atoms with Crippen molar-refractivity contribution in [3.05, 3.63) is 76.6 Å². The number of nitrogens with one attached hydrogen (secondary N) is 2. The van der Waals surface area contributed by atoms with E-state index in [2.05, 4.69) is 22.7 Å². The molecular weight excluding hydrogens is 396 g/mol. The summed E-state index contributed by atoms with van der Waals surface area (Å²) in [4.78, 5) is 12.4. The lowest BCUT2D eigenvalue weighted by Gasteiger charge is -2.11. The molecule has 2 aromatic carbocycles. The van der Waals surface area contributed by atoms with Crippen molar-refractivity contribution < 1.29 is 9.53 Å². The van der Waals surface area contributed by atoms with Gasteiger partial charge < -0.3 is 10.1 Å². The lowest BCUT2D eigenvalue weighted by atomic mass is 10.0. The van der Waals surface area contributed by atoms with Gasteiger partial charge in [-0.1, -0.05) is 18.2 Å². The molecule has 0 bridgehead atoms. The number of ether oxygens (including phenoxy) is 1. The molecule has 1 heterocycles. The van der Waals surface area contributed by atoms with E-state index < -0.39 is 0 Å². The fourth-order valence-corrected chi connectivity index (χ4v) is 3.43. The fourth-order valence-electron chi connectivity index (χ4n) is 3.21. The smallest absolute Gasteiger partial charge is 0.257 e. The summed E-state index contributed by atoms with van der Waals surface area (Å²) in [6, 6.07) is 15.0. The third-order valence-electron chi connectivity index (χ3n) is 4.89. The normalized spacial score (nSPS) is 10.5. The number of carbonyl (C=O) groups excluding carboxylic acids is 1. The van der Waals surface area contributed by atoms with Gasteiger partial charge in [-0.15, -0.1) is 0 Å². The molecule has 156 valence electrons. The summed E-state index contributed by atoms with van der Waals surface area (Å²) in [6.07, 6.45) is 0.823. The maximum absolute atomic E-state index is 12.4. The van der Waals surface area contributed by atoms with Crippen LogP contribution in [0.3, 0.4) is 0 Å². The van der Waals surface area contributed by atoms with Gasteiger partial charge in [0.1, 0.15) is 5.75 Å². The van der Waals surface area contributed by atoms with Crippen molar-refractivity contribution in [1.82, 2.24) is 15.1 Å². The Balaban J connectivity index is 1.59. The second-order valence-electron chi connectivity index (χ2n) is 7.02. The van der Waals surface area contributed by atoms with E-state index >= 15 is 0 Å². The molecule has 6 nitrogen and oxygen atoms in total. The van der Waals surface area contributed by atoms with Crippen LogP contribution in [-0.4, -0.2) is 27.4 Å². The second kappa shape index (κ2) is 9.54. The number of amides is 1. The van der Waals surface area contributed by atoms with Crippen LogP contribution in [0.5, 0.6) is 5.75 Å². The maximum atomic E-state index is 12.4. The predicted molar refractivity (Wildman–Crippen MR) is 123 cm³/mol. The zero-order valence-corrected chi connectivity index (χ0v) is 18.5. The minimum atomic E-state index is -0.284. The van der Waals surface area contributed by atoms with Crippen LogP contribution in [0, 0.1) is 13.8 Å². The third kappa shape index (κ3) is 5.24. The van der Waals surface area contributed by atoms with E-state index in [0.717, 1.165) is 17.8 Å². The van der Waals surface area contributed by atoms with Crippen molar-refractivity contribution in [3.8, 4) is 5.75 Å². The van der Waals surface area contributed by atoms with Crippen molar-refractivity contribution >= 4 is 28.9 Å². The summed E-state index contributed by atoms with van der Waals surface area (Å²) in [5, 5.41) is 10.5. The van der Waals surface area contributed by atoms with Crippen LogP contribution in [0.15, 0.2) is 48.5 Å². The molecule has 30 heavy (non-hydrogen) atoms. The van der Waals surface area contributed by atoms with Crippen molar-refractivity contribution in [2.24, 2.45) is 7.05 Å². The van der Waals surface area contributed by atoms with Gasteiger partial charge in [-0.3, -0.25) is 14.8 Å². The number of thiocarbonyl (C=S) groups is 1. The highest BCUT2D eigenvalue weighted by molar-refractivity contribution is 7.80. The number of anilines is 1. The Hall–Kier alpha value is -3.19. The fraction of sp³-hybridized carbons (Fsp3) is 0.261. The first-order chi connectivity index (χ1) is 14.4. The largest absolute Gasteiger partial charge is 0.494 e. The van der Waals surface area contributed by atoms with E-state index in [1.54, 1.807) is 18.2 Å². The predicted octanol–water partition coefficient (Wildman–Crippen LogP) is 4.15. The summed E-state index contributed by atoms with van der Waals surface area (Å²) in [5.41, 5.74) is 5.95. The van der Waals surface area contributed by atoms with Gasteiger partial charge in [-0.05, 0) is 68.9 Å². The van der Waals surface area contributed by atoms with Crippen molar-refractivity contribution in [3.63, 3.8) is 0 Å². The van der Waals surface area contributed by atoms with Crippen LogP contribution in [0.4, 0.5) is 5.69 Å². The van der Waals surface area contributed by atoms with Crippen LogP contribution in [0.25, 0.3) is 0 Å². The molecule has 3 aromatic rings. The van der Waals surface area contributed by atoms with Crippen molar-refractivity contribution in [1.29, 1.82) is 0 Å². The first-order valence-electron chi connectivity index (χ1n) is 9.80. The summed E-state index contributed by atoms with van der Waals surface area (Å²) < 4.78 is 7.34. The van der Waals surface area contributed by atoms with Crippen LogP contribution >= 0.6 is 12.2 Å². The summed E-state index contributed by atoms with van der Waals surface area (Å²) in [7, 11) is 1.96. The van der Waals surface area contributed by atoms with Crippen LogP contribution < -0.4 is 15.4 Å².